The van der Waals surface area contributed by atoms with E-state index in [1.165, 1.54) is 23.1 Å². The summed E-state index contributed by atoms with van der Waals surface area (Å²) >= 11 is 2.98. The average Bonchev–Trinajstić information content (AvgIpc) is 2.92. The van der Waals surface area contributed by atoms with Crippen molar-refractivity contribution in [3.05, 3.63) is 50.9 Å². The largest absolute Gasteiger partial charge is 0.281 e. The standard InChI is InChI=1S/C18H22N4O3S3/c1-12-13(2)27-16-15(12)17(23)22(11-14-7-4-5-8-19-14)18(21-16)26-10-6-9-20-28(3,24)25/h4-5,7-8,20H,6,9-11H2,1-3H3. The van der Waals surface area contributed by atoms with E-state index in [0.717, 1.165) is 27.2 Å². The van der Waals surface area contributed by atoms with Crippen molar-refractivity contribution in [1.29, 1.82) is 0 Å². The molecule has 0 aliphatic heterocycles. The lowest BCUT2D eigenvalue weighted by Gasteiger charge is -2.12. The van der Waals surface area contributed by atoms with Gasteiger partial charge < -0.3 is 0 Å². The van der Waals surface area contributed by atoms with E-state index in [-0.39, 0.29) is 5.56 Å². The average molecular weight is 439 g/mol. The Bertz CT molecular complexity index is 1140. The van der Waals surface area contributed by atoms with Gasteiger partial charge >= 0.3 is 0 Å². The van der Waals surface area contributed by atoms with Gasteiger partial charge in [-0.1, -0.05) is 17.8 Å². The summed E-state index contributed by atoms with van der Waals surface area (Å²) in [6, 6.07) is 5.61. The number of aryl methyl sites for hydroxylation is 2. The molecule has 3 heterocycles. The summed E-state index contributed by atoms with van der Waals surface area (Å²) in [6.07, 6.45) is 3.48. The van der Waals surface area contributed by atoms with Crippen molar-refractivity contribution >= 4 is 43.3 Å². The summed E-state index contributed by atoms with van der Waals surface area (Å²) in [4.78, 5) is 24.1. The molecular formula is C18H22N4O3S3. The molecule has 0 atom stereocenters. The van der Waals surface area contributed by atoms with Gasteiger partial charge in [-0.25, -0.2) is 18.1 Å². The Morgan fingerprint density at radius 2 is 2.07 bits per heavy atom. The maximum absolute atomic E-state index is 13.2. The van der Waals surface area contributed by atoms with Crippen LogP contribution in [-0.4, -0.2) is 41.5 Å². The molecule has 0 aliphatic rings. The molecule has 10 heteroatoms. The van der Waals surface area contributed by atoms with Gasteiger partial charge in [-0.3, -0.25) is 14.3 Å². The number of hydrogen-bond acceptors (Lipinski definition) is 7. The smallest absolute Gasteiger partial charge is 0.263 e. The van der Waals surface area contributed by atoms with Gasteiger partial charge in [-0.2, -0.15) is 0 Å². The number of sulfonamides is 1. The number of rotatable bonds is 8. The molecule has 3 rings (SSSR count). The van der Waals surface area contributed by atoms with Crippen LogP contribution in [0, 0.1) is 13.8 Å². The van der Waals surface area contributed by atoms with Gasteiger partial charge in [0.15, 0.2) is 5.16 Å². The number of aromatic nitrogens is 3. The van der Waals surface area contributed by atoms with E-state index >= 15 is 0 Å². The Morgan fingerprint density at radius 1 is 1.29 bits per heavy atom. The van der Waals surface area contributed by atoms with Crippen molar-refractivity contribution in [3.8, 4) is 0 Å². The van der Waals surface area contributed by atoms with Crippen LogP contribution in [0.15, 0.2) is 34.3 Å². The topological polar surface area (TPSA) is 93.9 Å². The van der Waals surface area contributed by atoms with Crippen LogP contribution in [0.1, 0.15) is 22.6 Å². The quantitative estimate of drug-likeness (QED) is 0.330. The summed E-state index contributed by atoms with van der Waals surface area (Å²) < 4.78 is 26.5. The summed E-state index contributed by atoms with van der Waals surface area (Å²) in [5.41, 5.74) is 1.70. The first-order valence-electron chi connectivity index (χ1n) is 8.74. The maximum atomic E-state index is 13.2. The fraction of sp³-hybridized carbons (Fsp3) is 0.389. The van der Waals surface area contributed by atoms with E-state index in [0.29, 0.717) is 35.8 Å². The molecule has 28 heavy (non-hydrogen) atoms. The van der Waals surface area contributed by atoms with Gasteiger partial charge in [0.05, 0.1) is 23.9 Å². The molecule has 150 valence electrons. The lowest BCUT2D eigenvalue weighted by atomic mass is 10.2. The zero-order valence-corrected chi connectivity index (χ0v) is 18.4. The molecule has 7 nitrogen and oxygen atoms in total. The third kappa shape index (κ3) is 4.99. The van der Waals surface area contributed by atoms with Crippen LogP contribution in [0.25, 0.3) is 10.2 Å². The highest BCUT2D eigenvalue weighted by Gasteiger charge is 2.17. The SMILES string of the molecule is Cc1sc2nc(SCCCNS(C)(=O)=O)n(Cc3ccccn3)c(=O)c2c1C. The molecule has 0 bridgehead atoms. The van der Waals surface area contributed by atoms with Crippen LogP contribution in [0.4, 0.5) is 0 Å². The molecule has 0 unspecified atom stereocenters. The number of thioether (sulfide) groups is 1. The van der Waals surface area contributed by atoms with E-state index < -0.39 is 10.0 Å². The molecule has 0 fully saturated rings. The second-order valence-corrected chi connectivity index (χ2v) is 10.5. The highest BCUT2D eigenvalue weighted by atomic mass is 32.2. The zero-order valence-electron chi connectivity index (χ0n) is 15.9. The highest BCUT2D eigenvalue weighted by Crippen LogP contribution is 2.28. The molecule has 0 radical (unpaired) electrons. The van der Waals surface area contributed by atoms with Crippen LogP contribution < -0.4 is 10.3 Å². The Kier molecular flexibility index (Phi) is 6.54. The Morgan fingerprint density at radius 3 is 2.75 bits per heavy atom. The van der Waals surface area contributed by atoms with Crippen molar-refractivity contribution in [2.75, 3.05) is 18.6 Å². The number of pyridine rings is 1. The molecule has 3 aromatic rings. The lowest BCUT2D eigenvalue weighted by molar-refractivity contribution is 0.587. The molecule has 0 saturated carbocycles. The van der Waals surface area contributed by atoms with Crippen LogP contribution in [-0.2, 0) is 16.6 Å². The van der Waals surface area contributed by atoms with Crippen LogP contribution in [0.2, 0.25) is 0 Å². The van der Waals surface area contributed by atoms with Crippen molar-refractivity contribution < 1.29 is 8.42 Å². The van der Waals surface area contributed by atoms with Crippen LogP contribution >= 0.6 is 23.1 Å². The van der Waals surface area contributed by atoms with Crippen LogP contribution in [0.3, 0.4) is 0 Å². The number of fused-ring (bicyclic) bond motifs is 1. The van der Waals surface area contributed by atoms with Gasteiger partial charge in [0.1, 0.15) is 4.83 Å². The summed E-state index contributed by atoms with van der Waals surface area (Å²) in [7, 11) is -3.19. The maximum Gasteiger partial charge on any atom is 0.263 e. The first kappa shape index (κ1) is 21.0. The first-order valence-corrected chi connectivity index (χ1v) is 12.4. The predicted molar refractivity (Wildman–Crippen MR) is 115 cm³/mol. The molecule has 1 N–H and O–H groups in total. The van der Waals surface area contributed by atoms with Gasteiger partial charge in [0.25, 0.3) is 5.56 Å². The first-order chi connectivity index (χ1) is 13.3. The van der Waals surface area contributed by atoms with E-state index in [1.54, 1.807) is 10.8 Å². The van der Waals surface area contributed by atoms with E-state index in [2.05, 4.69) is 9.71 Å². The molecule has 3 aromatic heterocycles. The van der Waals surface area contributed by atoms with Gasteiger partial charge in [-0.05, 0) is 38.0 Å². The van der Waals surface area contributed by atoms with Crippen LogP contribution in [0.5, 0.6) is 0 Å². The normalized spacial score (nSPS) is 12.0. The van der Waals surface area contributed by atoms with E-state index in [1.807, 2.05) is 32.0 Å². The minimum Gasteiger partial charge on any atom is -0.281 e. The summed E-state index contributed by atoms with van der Waals surface area (Å²) in [5.74, 6) is 0.645. The van der Waals surface area contributed by atoms with Gasteiger partial charge in [0, 0.05) is 23.4 Å². The second kappa shape index (κ2) is 8.73. The molecular weight excluding hydrogens is 416 g/mol. The monoisotopic (exact) mass is 438 g/mol. The Hall–Kier alpha value is -1.75. The van der Waals surface area contributed by atoms with Gasteiger partial charge in [0.2, 0.25) is 10.0 Å². The number of nitrogens with one attached hydrogen (secondary N) is 1. The minimum absolute atomic E-state index is 0.0609. The second-order valence-electron chi connectivity index (χ2n) is 6.44. The molecule has 0 aromatic carbocycles. The molecule has 0 aliphatic carbocycles. The fourth-order valence-electron chi connectivity index (χ4n) is 2.71. The van der Waals surface area contributed by atoms with E-state index in [9.17, 15) is 13.2 Å². The van der Waals surface area contributed by atoms with Crippen molar-refractivity contribution in [2.45, 2.75) is 32.0 Å². The number of hydrogen-bond donors (Lipinski definition) is 1. The molecule has 0 saturated heterocycles. The minimum atomic E-state index is -3.19. The van der Waals surface area contributed by atoms with Crippen molar-refractivity contribution in [1.82, 2.24) is 19.3 Å². The summed E-state index contributed by atoms with van der Waals surface area (Å²) in [6.45, 7) is 4.65. The predicted octanol–water partition coefficient (Wildman–Crippen LogP) is 2.55. The zero-order chi connectivity index (χ0) is 20.3. The van der Waals surface area contributed by atoms with Crippen molar-refractivity contribution in [3.63, 3.8) is 0 Å². The number of thiophene rings is 1. The van der Waals surface area contributed by atoms with Crippen molar-refractivity contribution in [2.24, 2.45) is 0 Å². The number of nitrogens with zero attached hydrogens (tertiary/aromatic N) is 3. The Labute approximate surface area is 172 Å². The molecule has 0 amide bonds. The molecule has 0 spiro atoms. The highest BCUT2D eigenvalue weighted by molar-refractivity contribution is 7.99. The van der Waals surface area contributed by atoms with E-state index in [4.69, 9.17) is 4.98 Å². The summed E-state index contributed by atoms with van der Waals surface area (Å²) in [5, 5.41) is 1.30. The fourth-order valence-corrected chi connectivity index (χ4v) is 5.23. The Balaban J connectivity index is 1.90. The third-order valence-electron chi connectivity index (χ3n) is 4.22. The van der Waals surface area contributed by atoms with Gasteiger partial charge in [-0.15, -0.1) is 11.3 Å². The lowest BCUT2D eigenvalue weighted by Crippen LogP contribution is -2.25. The third-order valence-corrected chi connectivity index (χ3v) is 7.11.